The fourth-order valence-electron chi connectivity index (χ4n) is 1.82. The zero-order valence-electron chi connectivity index (χ0n) is 10.4. The molecule has 4 nitrogen and oxygen atoms in total. The number of hydrogen-bond donors (Lipinski definition) is 2. The minimum absolute atomic E-state index is 0.0737. The van der Waals surface area contributed by atoms with Crippen LogP contribution < -0.4 is 11.1 Å². The van der Waals surface area contributed by atoms with Crippen LogP contribution in [-0.4, -0.2) is 30.7 Å². The molecule has 0 saturated carbocycles. The SMILES string of the molecule is CC(C)(CN)NC(=O)CCC1CCCCO1. The predicted octanol–water partition coefficient (Wildman–Crippen LogP) is 1.19. The molecule has 1 aliphatic rings. The Morgan fingerprint density at radius 1 is 1.50 bits per heavy atom. The van der Waals surface area contributed by atoms with Gasteiger partial charge in [0, 0.05) is 25.1 Å². The van der Waals surface area contributed by atoms with Gasteiger partial charge >= 0.3 is 0 Å². The number of carbonyl (C=O) groups is 1. The van der Waals surface area contributed by atoms with Gasteiger partial charge in [-0.3, -0.25) is 4.79 Å². The fraction of sp³-hybridized carbons (Fsp3) is 0.917. The van der Waals surface area contributed by atoms with E-state index in [1.807, 2.05) is 13.8 Å². The highest BCUT2D eigenvalue weighted by atomic mass is 16.5. The summed E-state index contributed by atoms with van der Waals surface area (Å²) in [6, 6.07) is 0. The number of carbonyl (C=O) groups excluding carboxylic acids is 1. The lowest BCUT2D eigenvalue weighted by molar-refractivity contribution is -0.123. The summed E-state index contributed by atoms with van der Waals surface area (Å²) in [7, 11) is 0. The van der Waals surface area contributed by atoms with Crippen molar-refractivity contribution in [1.82, 2.24) is 5.32 Å². The van der Waals surface area contributed by atoms with E-state index in [-0.39, 0.29) is 17.6 Å². The molecule has 0 aromatic carbocycles. The van der Waals surface area contributed by atoms with E-state index in [1.165, 1.54) is 6.42 Å². The number of amides is 1. The van der Waals surface area contributed by atoms with Crippen molar-refractivity contribution in [3.05, 3.63) is 0 Å². The highest BCUT2D eigenvalue weighted by molar-refractivity contribution is 5.76. The average molecular weight is 228 g/mol. The third-order valence-electron chi connectivity index (χ3n) is 2.96. The van der Waals surface area contributed by atoms with Gasteiger partial charge in [-0.25, -0.2) is 0 Å². The van der Waals surface area contributed by atoms with Crippen LogP contribution >= 0.6 is 0 Å². The van der Waals surface area contributed by atoms with E-state index >= 15 is 0 Å². The standard InChI is InChI=1S/C12H24N2O2/c1-12(2,9-13)14-11(15)7-6-10-5-3-4-8-16-10/h10H,3-9,13H2,1-2H3,(H,14,15). The van der Waals surface area contributed by atoms with E-state index in [1.54, 1.807) is 0 Å². The van der Waals surface area contributed by atoms with Gasteiger partial charge < -0.3 is 15.8 Å². The summed E-state index contributed by atoms with van der Waals surface area (Å²) in [5.41, 5.74) is 5.25. The number of nitrogens with one attached hydrogen (secondary N) is 1. The first-order valence-electron chi connectivity index (χ1n) is 6.16. The summed E-state index contributed by atoms with van der Waals surface area (Å²) in [4.78, 5) is 11.6. The molecule has 0 spiro atoms. The van der Waals surface area contributed by atoms with E-state index in [9.17, 15) is 4.79 Å². The summed E-state index contributed by atoms with van der Waals surface area (Å²) in [6.45, 7) is 5.17. The normalized spacial score (nSPS) is 21.8. The largest absolute Gasteiger partial charge is 0.378 e. The Bertz CT molecular complexity index is 223. The van der Waals surface area contributed by atoms with Crippen molar-refractivity contribution in [2.24, 2.45) is 5.73 Å². The van der Waals surface area contributed by atoms with Gasteiger partial charge in [0.15, 0.2) is 0 Å². The molecule has 1 rings (SSSR count). The maximum atomic E-state index is 11.6. The second-order valence-electron chi connectivity index (χ2n) is 5.16. The van der Waals surface area contributed by atoms with Crippen LogP contribution in [0.25, 0.3) is 0 Å². The van der Waals surface area contributed by atoms with Crippen molar-refractivity contribution >= 4 is 5.91 Å². The minimum atomic E-state index is -0.301. The first kappa shape index (κ1) is 13.5. The van der Waals surface area contributed by atoms with Gasteiger partial charge in [0.1, 0.15) is 0 Å². The van der Waals surface area contributed by atoms with Crippen LogP contribution in [0.3, 0.4) is 0 Å². The topological polar surface area (TPSA) is 64.3 Å². The number of rotatable bonds is 5. The zero-order valence-corrected chi connectivity index (χ0v) is 10.4. The Morgan fingerprint density at radius 2 is 2.25 bits per heavy atom. The molecule has 1 unspecified atom stereocenters. The van der Waals surface area contributed by atoms with Crippen LogP contribution in [0.4, 0.5) is 0 Å². The van der Waals surface area contributed by atoms with E-state index in [2.05, 4.69) is 5.32 Å². The maximum absolute atomic E-state index is 11.6. The van der Waals surface area contributed by atoms with Crippen LogP contribution in [0.15, 0.2) is 0 Å². The van der Waals surface area contributed by atoms with Crippen LogP contribution in [0, 0.1) is 0 Å². The van der Waals surface area contributed by atoms with Crippen molar-refractivity contribution in [2.45, 2.75) is 57.6 Å². The second-order valence-corrected chi connectivity index (χ2v) is 5.16. The van der Waals surface area contributed by atoms with E-state index in [0.717, 1.165) is 25.9 Å². The van der Waals surface area contributed by atoms with E-state index in [4.69, 9.17) is 10.5 Å². The number of ether oxygens (including phenoxy) is 1. The van der Waals surface area contributed by atoms with E-state index < -0.39 is 0 Å². The van der Waals surface area contributed by atoms with Crippen LogP contribution in [0.5, 0.6) is 0 Å². The lowest BCUT2D eigenvalue weighted by atomic mass is 10.0. The molecule has 0 aromatic heterocycles. The number of nitrogens with two attached hydrogens (primary N) is 1. The molecule has 0 aromatic rings. The Morgan fingerprint density at radius 3 is 2.81 bits per heavy atom. The third kappa shape index (κ3) is 4.94. The molecule has 1 heterocycles. The average Bonchev–Trinajstić information content (AvgIpc) is 2.27. The zero-order chi connectivity index (χ0) is 12.0. The molecule has 1 aliphatic heterocycles. The Balaban J connectivity index is 2.19. The molecule has 0 radical (unpaired) electrons. The van der Waals surface area contributed by atoms with Crippen LogP contribution in [0.2, 0.25) is 0 Å². The molecule has 0 bridgehead atoms. The van der Waals surface area contributed by atoms with Crippen molar-refractivity contribution in [3.8, 4) is 0 Å². The summed E-state index contributed by atoms with van der Waals surface area (Å²) in [6.07, 6.45) is 5.11. The molecule has 0 aliphatic carbocycles. The maximum Gasteiger partial charge on any atom is 0.220 e. The molecule has 3 N–H and O–H groups in total. The molecule has 16 heavy (non-hydrogen) atoms. The van der Waals surface area contributed by atoms with Crippen LogP contribution in [-0.2, 0) is 9.53 Å². The molecular weight excluding hydrogens is 204 g/mol. The van der Waals surface area contributed by atoms with Gasteiger partial charge in [-0.05, 0) is 39.5 Å². The third-order valence-corrected chi connectivity index (χ3v) is 2.96. The van der Waals surface area contributed by atoms with Crippen molar-refractivity contribution < 1.29 is 9.53 Å². The molecular formula is C12H24N2O2. The van der Waals surface area contributed by atoms with E-state index in [0.29, 0.717) is 13.0 Å². The lowest BCUT2D eigenvalue weighted by Crippen LogP contribution is -2.48. The van der Waals surface area contributed by atoms with Gasteiger partial charge in [0.2, 0.25) is 5.91 Å². The van der Waals surface area contributed by atoms with Gasteiger partial charge in [-0.2, -0.15) is 0 Å². The lowest BCUT2D eigenvalue weighted by Gasteiger charge is -2.26. The quantitative estimate of drug-likeness (QED) is 0.743. The summed E-state index contributed by atoms with van der Waals surface area (Å²) in [5, 5.41) is 2.93. The van der Waals surface area contributed by atoms with Gasteiger partial charge in [-0.1, -0.05) is 0 Å². The molecule has 4 heteroatoms. The van der Waals surface area contributed by atoms with Gasteiger partial charge in [0.05, 0.1) is 6.10 Å². The molecule has 1 fully saturated rings. The predicted molar refractivity (Wildman–Crippen MR) is 64.1 cm³/mol. The Hall–Kier alpha value is -0.610. The summed E-state index contributed by atoms with van der Waals surface area (Å²) >= 11 is 0. The van der Waals surface area contributed by atoms with Crippen molar-refractivity contribution in [3.63, 3.8) is 0 Å². The fourth-order valence-corrected chi connectivity index (χ4v) is 1.82. The highest BCUT2D eigenvalue weighted by Gasteiger charge is 2.20. The van der Waals surface area contributed by atoms with Gasteiger partial charge in [0.25, 0.3) is 0 Å². The molecule has 1 atom stereocenters. The Labute approximate surface area is 97.9 Å². The van der Waals surface area contributed by atoms with Crippen molar-refractivity contribution in [2.75, 3.05) is 13.2 Å². The smallest absolute Gasteiger partial charge is 0.220 e. The molecule has 94 valence electrons. The first-order valence-corrected chi connectivity index (χ1v) is 6.16. The minimum Gasteiger partial charge on any atom is -0.378 e. The summed E-state index contributed by atoms with van der Waals surface area (Å²) < 4.78 is 5.58. The second kappa shape index (κ2) is 6.21. The molecule has 1 amide bonds. The monoisotopic (exact) mass is 228 g/mol. The Kier molecular flexibility index (Phi) is 5.22. The number of hydrogen-bond acceptors (Lipinski definition) is 3. The highest BCUT2D eigenvalue weighted by Crippen LogP contribution is 2.17. The summed E-state index contributed by atoms with van der Waals surface area (Å²) in [5.74, 6) is 0.0737. The first-order chi connectivity index (χ1) is 7.53. The van der Waals surface area contributed by atoms with Crippen molar-refractivity contribution in [1.29, 1.82) is 0 Å². The van der Waals surface area contributed by atoms with Crippen LogP contribution in [0.1, 0.15) is 46.0 Å². The molecule has 1 saturated heterocycles. The van der Waals surface area contributed by atoms with Gasteiger partial charge in [-0.15, -0.1) is 0 Å².